The largest absolute Gasteiger partial charge is 0.378 e. The fraction of sp³-hybridized carbons (Fsp3) is 0.500. The van der Waals surface area contributed by atoms with Crippen molar-refractivity contribution in [2.45, 2.75) is 50.1 Å². The summed E-state index contributed by atoms with van der Waals surface area (Å²) in [5.41, 5.74) is 1.03. The first-order chi connectivity index (χ1) is 16.5. The van der Waals surface area contributed by atoms with E-state index >= 15 is 0 Å². The number of ether oxygens (including phenoxy) is 1. The fourth-order valence-corrected chi connectivity index (χ4v) is 5.82. The number of carbonyl (C=O) groups is 2. The zero-order valence-electron chi connectivity index (χ0n) is 18.8. The molecule has 0 unspecified atom stereocenters. The topological polar surface area (TPSA) is 99.7 Å². The van der Waals surface area contributed by atoms with Crippen molar-refractivity contribution >= 4 is 35.0 Å². The summed E-state index contributed by atoms with van der Waals surface area (Å²) in [6.07, 6.45) is 6.37. The normalized spacial score (nSPS) is 24.7. The molecule has 0 radical (unpaired) electrons. The predicted octanol–water partition coefficient (Wildman–Crippen LogP) is 2.29. The van der Waals surface area contributed by atoms with E-state index in [1.807, 2.05) is 11.0 Å². The molecule has 2 amide bonds. The highest BCUT2D eigenvalue weighted by Crippen LogP contribution is 2.46. The summed E-state index contributed by atoms with van der Waals surface area (Å²) in [4.78, 5) is 38.3. The van der Waals surface area contributed by atoms with Gasteiger partial charge in [0.15, 0.2) is 0 Å². The van der Waals surface area contributed by atoms with Crippen LogP contribution in [0.3, 0.4) is 0 Å². The molecule has 2 saturated heterocycles. The molecule has 2 aromatic rings. The third kappa shape index (κ3) is 3.48. The number of benzene rings is 1. The van der Waals surface area contributed by atoms with Crippen LogP contribution in [-0.4, -0.2) is 59.7 Å². The quantitative estimate of drug-likeness (QED) is 0.663. The Hall–Kier alpha value is -3.27. The number of amides is 2. The smallest absolute Gasteiger partial charge is 0.253 e. The van der Waals surface area contributed by atoms with E-state index < -0.39 is 5.54 Å². The molecule has 3 aliphatic heterocycles. The van der Waals surface area contributed by atoms with Gasteiger partial charge in [0, 0.05) is 43.0 Å². The lowest BCUT2D eigenvalue weighted by Gasteiger charge is -2.38. The minimum Gasteiger partial charge on any atom is -0.378 e. The van der Waals surface area contributed by atoms with Crippen molar-refractivity contribution in [3.63, 3.8) is 0 Å². The summed E-state index contributed by atoms with van der Waals surface area (Å²) >= 11 is 0. The van der Waals surface area contributed by atoms with Gasteiger partial charge in [0.25, 0.3) is 5.91 Å². The second-order valence-corrected chi connectivity index (χ2v) is 9.50. The summed E-state index contributed by atoms with van der Waals surface area (Å²) in [5, 5.41) is 5.61. The molecule has 1 aromatic carbocycles. The zero-order chi connectivity index (χ0) is 23.3. The highest BCUT2D eigenvalue weighted by molar-refractivity contribution is 6.11. The zero-order valence-corrected chi connectivity index (χ0v) is 18.8. The molecule has 3 fully saturated rings. The summed E-state index contributed by atoms with van der Waals surface area (Å²) < 4.78 is 20.2. The number of hydrogen-bond acceptors (Lipinski definition) is 8. The second-order valence-electron chi connectivity index (χ2n) is 9.50. The maximum Gasteiger partial charge on any atom is 0.253 e. The molecule has 9 nitrogen and oxygen atoms in total. The Balaban J connectivity index is 1.29. The number of fused-ring (bicyclic) bond motifs is 1. The van der Waals surface area contributed by atoms with Crippen LogP contribution in [0.15, 0.2) is 24.4 Å². The third-order valence-electron chi connectivity index (χ3n) is 7.39. The van der Waals surface area contributed by atoms with E-state index in [0.29, 0.717) is 55.9 Å². The Labute approximate surface area is 196 Å². The average Bonchev–Trinajstić information content (AvgIpc) is 3.52. The maximum absolute atomic E-state index is 14.9. The van der Waals surface area contributed by atoms with Crippen molar-refractivity contribution in [1.82, 2.24) is 15.3 Å². The molecule has 1 aliphatic carbocycles. The number of hydrogen-bond donors (Lipinski definition) is 2. The number of morpholine rings is 1. The number of anilines is 4. The van der Waals surface area contributed by atoms with Gasteiger partial charge in [0.1, 0.15) is 17.2 Å². The SMILES string of the molecule is O=C1C[C@]2(Cc3cnc(Nc4ccc(N5CCOCC5)c(F)c4)nc3N2C2CCCC2)C(=O)N1. The Kier molecular flexibility index (Phi) is 5.13. The maximum atomic E-state index is 14.9. The number of nitrogens with zero attached hydrogens (tertiary/aromatic N) is 4. The van der Waals surface area contributed by atoms with Crippen LogP contribution in [0.2, 0.25) is 0 Å². The van der Waals surface area contributed by atoms with Gasteiger partial charge in [-0.2, -0.15) is 4.98 Å². The minimum absolute atomic E-state index is 0.135. The first-order valence-electron chi connectivity index (χ1n) is 11.9. The summed E-state index contributed by atoms with van der Waals surface area (Å²) in [7, 11) is 0. The van der Waals surface area contributed by atoms with Crippen LogP contribution in [-0.2, 0) is 20.7 Å². The number of aromatic nitrogens is 2. The number of nitrogens with one attached hydrogen (secondary N) is 2. The van der Waals surface area contributed by atoms with E-state index in [1.165, 1.54) is 6.07 Å². The number of imide groups is 1. The molecule has 34 heavy (non-hydrogen) atoms. The lowest BCUT2D eigenvalue weighted by atomic mass is 9.91. The number of rotatable bonds is 4. The molecular formula is C24H27FN6O3. The van der Waals surface area contributed by atoms with Gasteiger partial charge in [-0.25, -0.2) is 9.37 Å². The Bertz CT molecular complexity index is 1150. The van der Waals surface area contributed by atoms with E-state index in [1.54, 1.807) is 12.3 Å². The van der Waals surface area contributed by atoms with Crippen LogP contribution in [0.1, 0.15) is 37.7 Å². The highest BCUT2D eigenvalue weighted by atomic mass is 19.1. The van der Waals surface area contributed by atoms with Crippen LogP contribution in [0.5, 0.6) is 0 Å². The van der Waals surface area contributed by atoms with E-state index in [4.69, 9.17) is 9.72 Å². The lowest BCUT2D eigenvalue weighted by Crippen LogP contribution is -2.56. The molecule has 0 bridgehead atoms. The van der Waals surface area contributed by atoms with Crippen molar-refractivity contribution in [3.8, 4) is 0 Å². The highest BCUT2D eigenvalue weighted by Gasteiger charge is 2.58. The van der Waals surface area contributed by atoms with Gasteiger partial charge in [-0.15, -0.1) is 0 Å². The molecule has 1 aromatic heterocycles. The second kappa shape index (κ2) is 8.19. The molecule has 1 atom stereocenters. The summed E-state index contributed by atoms with van der Waals surface area (Å²) in [6.45, 7) is 2.49. The van der Waals surface area contributed by atoms with Crippen molar-refractivity contribution in [2.24, 2.45) is 0 Å². The van der Waals surface area contributed by atoms with Crippen LogP contribution in [0.4, 0.5) is 27.5 Å². The number of halogens is 1. The molecular weight excluding hydrogens is 439 g/mol. The standard InChI is InChI=1S/C24H27FN6O3/c25-18-11-16(5-6-19(18)30-7-9-34-10-8-30)27-23-26-14-15-12-24(13-20(32)28-22(24)33)31(21(15)29-23)17-3-1-2-4-17/h5-6,11,14,17H,1-4,7-10,12-13H2,(H,26,27,29)(H,28,32,33)/t24-/m1/s1. The molecule has 1 spiro atoms. The van der Waals surface area contributed by atoms with Gasteiger partial charge in [-0.3, -0.25) is 14.9 Å². The first-order valence-corrected chi connectivity index (χ1v) is 11.9. The molecule has 1 saturated carbocycles. The van der Waals surface area contributed by atoms with Crippen molar-refractivity contribution in [2.75, 3.05) is 41.4 Å². The first kappa shape index (κ1) is 21.3. The van der Waals surface area contributed by atoms with E-state index in [-0.39, 0.29) is 30.1 Å². The molecule has 10 heteroatoms. The van der Waals surface area contributed by atoms with E-state index in [0.717, 1.165) is 31.2 Å². The Morgan fingerprint density at radius 2 is 1.94 bits per heavy atom. The van der Waals surface area contributed by atoms with Crippen LogP contribution >= 0.6 is 0 Å². The van der Waals surface area contributed by atoms with Crippen molar-refractivity contribution < 1.29 is 18.7 Å². The van der Waals surface area contributed by atoms with Gasteiger partial charge in [-0.1, -0.05) is 12.8 Å². The average molecular weight is 467 g/mol. The van der Waals surface area contributed by atoms with Crippen molar-refractivity contribution in [1.29, 1.82) is 0 Å². The van der Waals surface area contributed by atoms with Crippen LogP contribution in [0, 0.1) is 5.82 Å². The fourth-order valence-electron chi connectivity index (χ4n) is 5.82. The van der Waals surface area contributed by atoms with Gasteiger partial charge in [0.2, 0.25) is 11.9 Å². The monoisotopic (exact) mass is 466 g/mol. The molecule has 2 N–H and O–H groups in total. The minimum atomic E-state index is -0.923. The van der Waals surface area contributed by atoms with E-state index in [9.17, 15) is 14.0 Å². The lowest BCUT2D eigenvalue weighted by molar-refractivity contribution is -0.126. The number of carbonyl (C=O) groups excluding carboxylic acids is 2. The van der Waals surface area contributed by atoms with Gasteiger partial charge in [-0.05, 0) is 31.0 Å². The molecule has 6 rings (SSSR count). The Morgan fingerprint density at radius 1 is 1.15 bits per heavy atom. The molecule has 4 heterocycles. The van der Waals surface area contributed by atoms with Crippen LogP contribution in [0.25, 0.3) is 0 Å². The van der Waals surface area contributed by atoms with E-state index in [2.05, 4.69) is 20.5 Å². The summed E-state index contributed by atoms with van der Waals surface area (Å²) in [6, 6.07) is 5.17. The molecule has 4 aliphatic rings. The van der Waals surface area contributed by atoms with Gasteiger partial charge in [0.05, 0.1) is 25.3 Å². The summed E-state index contributed by atoms with van der Waals surface area (Å²) in [5.74, 6) is 0.211. The van der Waals surface area contributed by atoms with Gasteiger partial charge < -0.3 is 19.9 Å². The van der Waals surface area contributed by atoms with Crippen LogP contribution < -0.4 is 20.4 Å². The Morgan fingerprint density at radius 3 is 2.65 bits per heavy atom. The predicted molar refractivity (Wildman–Crippen MR) is 124 cm³/mol. The molecule has 178 valence electrons. The van der Waals surface area contributed by atoms with Crippen molar-refractivity contribution in [3.05, 3.63) is 35.8 Å². The van der Waals surface area contributed by atoms with Gasteiger partial charge >= 0.3 is 0 Å². The third-order valence-corrected chi connectivity index (χ3v) is 7.39.